The molecule has 0 aliphatic carbocycles. The van der Waals surface area contributed by atoms with Crippen LogP contribution in [0.4, 0.5) is 0 Å². The lowest BCUT2D eigenvalue weighted by Crippen LogP contribution is -2.26. The molecule has 1 aromatic rings. The molecular formula is C11H18N4O3S. The van der Waals surface area contributed by atoms with Gasteiger partial charge in [0.1, 0.15) is 11.5 Å². The topological polar surface area (TPSA) is 106 Å². The predicted molar refractivity (Wildman–Crippen MR) is 74.9 cm³/mol. The van der Waals surface area contributed by atoms with Crippen LogP contribution in [0, 0.1) is 10.1 Å². The Morgan fingerprint density at radius 3 is 2.89 bits per heavy atom. The van der Waals surface area contributed by atoms with Crippen LogP contribution in [0.1, 0.15) is 11.5 Å². The molecule has 1 rings (SSSR count). The van der Waals surface area contributed by atoms with E-state index >= 15 is 0 Å². The molecule has 0 radical (unpaired) electrons. The summed E-state index contributed by atoms with van der Waals surface area (Å²) in [6, 6.07) is 3.78. The number of rotatable bonds is 9. The van der Waals surface area contributed by atoms with Crippen LogP contribution in [0.15, 0.2) is 28.6 Å². The SMILES string of the molecule is CN/C(=C\[N+](=O)[O-])NCCSCc1ccc(CN)o1. The summed E-state index contributed by atoms with van der Waals surface area (Å²) in [6.45, 7) is 1.04. The minimum atomic E-state index is -0.497. The Morgan fingerprint density at radius 2 is 2.32 bits per heavy atom. The second kappa shape index (κ2) is 8.44. The largest absolute Gasteiger partial charge is 0.464 e. The van der Waals surface area contributed by atoms with Crippen molar-refractivity contribution in [1.29, 1.82) is 0 Å². The van der Waals surface area contributed by atoms with E-state index in [0.29, 0.717) is 18.9 Å². The third kappa shape index (κ3) is 6.16. The summed E-state index contributed by atoms with van der Waals surface area (Å²) in [5, 5.41) is 16.0. The van der Waals surface area contributed by atoms with Gasteiger partial charge in [-0.2, -0.15) is 11.8 Å². The molecule has 0 fully saturated rings. The minimum absolute atomic E-state index is 0.397. The average molecular weight is 286 g/mol. The van der Waals surface area contributed by atoms with E-state index in [0.717, 1.165) is 29.2 Å². The molecule has 0 saturated heterocycles. The number of thioether (sulfide) groups is 1. The van der Waals surface area contributed by atoms with Gasteiger partial charge in [0.25, 0.3) is 6.20 Å². The smallest absolute Gasteiger partial charge is 0.274 e. The van der Waals surface area contributed by atoms with Crippen LogP contribution in [0.25, 0.3) is 0 Å². The fraction of sp³-hybridized carbons (Fsp3) is 0.455. The van der Waals surface area contributed by atoms with Crippen molar-refractivity contribution in [3.63, 3.8) is 0 Å². The first kappa shape index (κ1) is 15.4. The first-order chi connectivity index (χ1) is 9.15. The van der Waals surface area contributed by atoms with E-state index in [1.165, 1.54) is 0 Å². The normalized spacial score (nSPS) is 11.4. The number of nitro groups is 1. The van der Waals surface area contributed by atoms with E-state index in [1.807, 2.05) is 12.1 Å². The first-order valence-corrected chi connectivity index (χ1v) is 6.93. The van der Waals surface area contributed by atoms with Gasteiger partial charge in [-0.3, -0.25) is 10.1 Å². The molecule has 0 aliphatic heterocycles. The molecule has 0 aliphatic rings. The van der Waals surface area contributed by atoms with Crippen molar-refractivity contribution >= 4 is 11.8 Å². The van der Waals surface area contributed by atoms with Crippen LogP contribution in [0.2, 0.25) is 0 Å². The van der Waals surface area contributed by atoms with Gasteiger partial charge in [-0.25, -0.2) is 0 Å². The molecule has 0 unspecified atom stereocenters. The van der Waals surface area contributed by atoms with E-state index in [2.05, 4.69) is 10.6 Å². The Morgan fingerprint density at radius 1 is 1.58 bits per heavy atom. The lowest BCUT2D eigenvalue weighted by molar-refractivity contribution is -0.404. The van der Waals surface area contributed by atoms with E-state index in [9.17, 15) is 10.1 Å². The van der Waals surface area contributed by atoms with Crippen molar-refractivity contribution < 1.29 is 9.34 Å². The molecule has 8 heteroatoms. The Balaban J connectivity index is 2.18. The van der Waals surface area contributed by atoms with Crippen molar-refractivity contribution in [3.05, 3.63) is 45.8 Å². The maximum Gasteiger partial charge on any atom is 0.274 e. The molecule has 0 amide bonds. The minimum Gasteiger partial charge on any atom is -0.464 e. The quantitative estimate of drug-likeness (QED) is 0.351. The Bertz CT molecular complexity index is 433. The van der Waals surface area contributed by atoms with Crippen molar-refractivity contribution in [1.82, 2.24) is 10.6 Å². The van der Waals surface area contributed by atoms with Gasteiger partial charge >= 0.3 is 0 Å². The molecule has 0 aromatic carbocycles. The van der Waals surface area contributed by atoms with Gasteiger partial charge in [0.2, 0.25) is 0 Å². The third-order valence-corrected chi connectivity index (χ3v) is 3.21. The van der Waals surface area contributed by atoms with Crippen LogP contribution in [-0.2, 0) is 12.3 Å². The summed E-state index contributed by atoms with van der Waals surface area (Å²) in [6.07, 6.45) is 0.907. The molecule has 106 valence electrons. The molecule has 7 nitrogen and oxygen atoms in total. The summed E-state index contributed by atoms with van der Waals surface area (Å²) < 4.78 is 5.45. The molecular weight excluding hydrogens is 268 g/mol. The number of furan rings is 1. The molecule has 0 spiro atoms. The third-order valence-electron chi connectivity index (χ3n) is 2.23. The van der Waals surface area contributed by atoms with Crippen LogP contribution >= 0.6 is 11.8 Å². The van der Waals surface area contributed by atoms with E-state index in [-0.39, 0.29) is 0 Å². The highest BCUT2D eigenvalue weighted by Crippen LogP contribution is 2.14. The number of nitrogens with two attached hydrogens (primary N) is 1. The zero-order valence-corrected chi connectivity index (χ0v) is 11.5. The zero-order chi connectivity index (χ0) is 14.1. The van der Waals surface area contributed by atoms with Crippen molar-refractivity contribution in [2.45, 2.75) is 12.3 Å². The molecule has 0 bridgehead atoms. The standard InChI is InChI=1S/C11H18N4O3S/c1-13-11(7-15(16)17)14-4-5-19-8-10-3-2-9(6-12)18-10/h2-3,7,13-14H,4-6,8,12H2,1H3/b11-7+. The molecule has 1 aromatic heterocycles. The monoisotopic (exact) mass is 286 g/mol. The van der Waals surface area contributed by atoms with Crippen molar-refractivity contribution in [2.24, 2.45) is 5.73 Å². The van der Waals surface area contributed by atoms with E-state index in [4.69, 9.17) is 10.2 Å². The van der Waals surface area contributed by atoms with E-state index < -0.39 is 4.92 Å². The molecule has 4 N–H and O–H groups in total. The summed E-state index contributed by atoms with van der Waals surface area (Å²) in [5.41, 5.74) is 5.45. The summed E-state index contributed by atoms with van der Waals surface area (Å²) in [7, 11) is 1.63. The number of hydrogen-bond acceptors (Lipinski definition) is 7. The van der Waals surface area contributed by atoms with Gasteiger partial charge in [0.05, 0.1) is 17.2 Å². The molecule has 0 atom stereocenters. The molecule has 1 heterocycles. The van der Waals surface area contributed by atoms with Crippen LogP contribution in [-0.4, -0.2) is 24.3 Å². The fourth-order valence-corrected chi connectivity index (χ4v) is 2.09. The van der Waals surface area contributed by atoms with E-state index in [1.54, 1.807) is 18.8 Å². The summed E-state index contributed by atoms with van der Waals surface area (Å²) in [4.78, 5) is 9.80. The highest BCUT2D eigenvalue weighted by molar-refractivity contribution is 7.98. The number of nitrogens with zero attached hydrogens (tertiary/aromatic N) is 1. The number of nitrogens with one attached hydrogen (secondary N) is 2. The van der Waals surface area contributed by atoms with Gasteiger partial charge in [-0.1, -0.05) is 0 Å². The molecule has 19 heavy (non-hydrogen) atoms. The van der Waals surface area contributed by atoms with Gasteiger partial charge < -0.3 is 20.8 Å². The van der Waals surface area contributed by atoms with Crippen LogP contribution in [0.5, 0.6) is 0 Å². The predicted octanol–water partition coefficient (Wildman–Crippen LogP) is 0.856. The lowest BCUT2D eigenvalue weighted by atomic mass is 10.4. The van der Waals surface area contributed by atoms with Gasteiger partial charge in [0.15, 0.2) is 5.82 Å². The second-order valence-corrected chi connectivity index (χ2v) is 4.73. The lowest BCUT2D eigenvalue weighted by Gasteiger charge is -2.07. The van der Waals surface area contributed by atoms with Crippen molar-refractivity contribution in [2.75, 3.05) is 19.3 Å². The molecule has 0 saturated carbocycles. The number of hydrogen-bond donors (Lipinski definition) is 3. The second-order valence-electron chi connectivity index (χ2n) is 3.63. The average Bonchev–Trinajstić information content (AvgIpc) is 2.84. The van der Waals surface area contributed by atoms with Gasteiger partial charge in [-0.15, -0.1) is 0 Å². The van der Waals surface area contributed by atoms with Crippen LogP contribution in [0.3, 0.4) is 0 Å². The highest BCUT2D eigenvalue weighted by Gasteiger charge is 2.02. The highest BCUT2D eigenvalue weighted by atomic mass is 32.2. The van der Waals surface area contributed by atoms with Crippen molar-refractivity contribution in [3.8, 4) is 0 Å². The zero-order valence-electron chi connectivity index (χ0n) is 10.7. The Labute approximate surface area is 115 Å². The summed E-state index contributed by atoms with van der Waals surface area (Å²) in [5.74, 6) is 3.64. The van der Waals surface area contributed by atoms with Gasteiger partial charge in [0, 0.05) is 19.3 Å². The van der Waals surface area contributed by atoms with Crippen LogP contribution < -0.4 is 16.4 Å². The maximum atomic E-state index is 10.3. The maximum absolute atomic E-state index is 10.3. The Hall–Kier alpha value is -1.67. The summed E-state index contributed by atoms with van der Waals surface area (Å²) >= 11 is 1.68. The first-order valence-electron chi connectivity index (χ1n) is 5.78. The van der Waals surface area contributed by atoms with Gasteiger partial charge in [-0.05, 0) is 12.1 Å². The Kier molecular flexibility index (Phi) is 6.83. The fourth-order valence-electron chi connectivity index (χ4n) is 1.34.